The smallest absolute Gasteiger partial charge is 0.254 e. The van der Waals surface area contributed by atoms with Gasteiger partial charge >= 0.3 is 0 Å². The number of aryl methyl sites for hydroxylation is 1. The fraction of sp³-hybridized carbons (Fsp3) is 0.400. The molecule has 0 atom stereocenters. The molecule has 0 aliphatic rings. The van der Waals surface area contributed by atoms with Gasteiger partial charge in [0.15, 0.2) is 0 Å². The van der Waals surface area contributed by atoms with Gasteiger partial charge in [-0.1, -0.05) is 13.0 Å². The van der Waals surface area contributed by atoms with Gasteiger partial charge in [0.2, 0.25) is 0 Å². The second-order valence-electron chi connectivity index (χ2n) is 2.87. The molecule has 0 amide bonds. The van der Waals surface area contributed by atoms with Crippen molar-refractivity contribution in [3.05, 3.63) is 33.5 Å². The van der Waals surface area contributed by atoms with Gasteiger partial charge in [-0.2, -0.15) is 0 Å². The van der Waals surface area contributed by atoms with E-state index in [4.69, 9.17) is 0 Å². The molecule has 1 heterocycles. The number of allylic oxidation sites excluding steroid dienone is 1. The van der Waals surface area contributed by atoms with Gasteiger partial charge in [-0.3, -0.25) is 4.79 Å². The van der Waals surface area contributed by atoms with E-state index in [1.165, 1.54) is 0 Å². The van der Waals surface area contributed by atoms with Crippen molar-refractivity contribution in [1.29, 1.82) is 0 Å². The van der Waals surface area contributed by atoms with Crippen LogP contribution in [0.5, 0.6) is 0 Å². The Balaban J connectivity index is 3.38. The number of H-pyrrole nitrogens is 1. The number of hydrogen-bond donors (Lipinski definition) is 1. The highest BCUT2D eigenvalue weighted by molar-refractivity contribution is 5.48. The molecular formula is C10H14N2O. The van der Waals surface area contributed by atoms with Crippen molar-refractivity contribution < 1.29 is 0 Å². The molecule has 0 bridgehead atoms. The van der Waals surface area contributed by atoms with Gasteiger partial charge in [0, 0.05) is 5.56 Å². The minimum Gasteiger partial charge on any atom is -0.311 e. The van der Waals surface area contributed by atoms with Crippen LogP contribution < -0.4 is 5.56 Å². The molecule has 0 radical (unpaired) electrons. The van der Waals surface area contributed by atoms with Gasteiger partial charge < -0.3 is 4.98 Å². The zero-order valence-corrected chi connectivity index (χ0v) is 8.22. The summed E-state index contributed by atoms with van der Waals surface area (Å²) in [5.41, 5.74) is 1.51. The third-order valence-electron chi connectivity index (χ3n) is 1.84. The van der Waals surface area contributed by atoms with Gasteiger partial charge in [0.05, 0.1) is 5.69 Å². The van der Waals surface area contributed by atoms with Crippen molar-refractivity contribution >= 4 is 6.08 Å². The Morgan fingerprint density at radius 2 is 2.23 bits per heavy atom. The molecule has 0 spiro atoms. The summed E-state index contributed by atoms with van der Waals surface area (Å²) in [6, 6.07) is 0. The maximum Gasteiger partial charge on any atom is 0.254 e. The monoisotopic (exact) mass is 178 g/mol. The maximum atomic E-state index is 11.4. The van der Waals surface area contributed by atoms with Crippen LogP contribution in [0.3, 0.4) is 0 Å². The molecule has 3 heteroatoms. The number of hydrogen-bond acceptors (Lipinski definition) is 2. The zero-order valence-electron chi connectivity index (χ0n) is 8.22. The summed E-state index contributed by atoms with van der Waals surface area (Å²) < 4.78 is 0. The van der Waals surface area contributed by atoms with Crippen molar-refractivity contribution in [3.8, 4) is 0 Å². The summed E-state index contributed by atoms with van der Waals surface area (Å²) in [6.07, 6.45) is 4.46. The van der Waals surface area contributed by atoms with E-state index in [2.05, 4.69) is 9.97 Å². The Morgan fingerprint density at radius 3 is 2.77 bits per heavy atom. The molecule has 0 unspecified atom stereocenters. The largest absolute Gasteiger partial charge is 0.311 e. The number of aromatic amines is 1. The third-order valence-corrected chi connectivity index (χ3v) is 1.84. The van der Waals surface area contributed by atoms with Gasteiger partial charge in [-0.25, -0.2) is 4.98 Å². The van der Waals surface area contributed by atoms with Crippen LogP contribution in [0.4, 0.5) is 0 Å². The van der Waals surface area contributed by atoms with E-state index in [9.17, 15) is 4.79 Å². The van der Waals surface area contributed by atoms with Crippen molar-refractivity contribution in [3.63, 3.8) is 0 Å². The Morgan fingerprint density at radius 1 is 1.54 bits per heavy atom. The third kappa shape index (κ3) is 2.05. The predicted octanol–water partition coefficient (Wildman–Crippen LogP) is 1.67. The first kappa shape index (κ1) is 9.71. The molecular weight excluding hydrogens is 164 g/mol. The van der Waals surface area contributed by atoms with Crippen molar-refractivity contribution in [2.24, 2.45) is 0 Å². The van der Waals surface area contributed by atoms with E-state index in [0.717, 1.165) is 11.3 Å². The van der Waals surface area contributed by atoms with Gasteiger partial charge in [-0.15, -0.1) is 0 Å². The molecule has 1 aromatic rings. The summed E-state index contributed by atoms with van der Waals surface area (Å²) in [6.45, 7) is 5.65. The highest BCUT2D eigenvalue weighted by Crippen LogP contribution is 2.03. The van der Waals surface area contributed by atoms with E-state index in [0.29, 0.717) is 12.2 Å². The van der Waals surface area contributed by atoms with Crippen molar-refractivity contribution in [1.82, 2.24) is 9.97 Å². The SMILES string of the molecule is C/C=C\c1nc(C)[nH]c(=O)c1CC. The molecule has 13 heavy (non-hydrogen) atoms. The Labute approximate surface area is 77.5 Å². The molecule has 70 valence electrons. The van der Waals surface area contributed by atoms with Crippen molar-refractivity contribution in [2.45, 2.75) is 27.2 Å². The molecule has 0 aromatic carbocycles. The first-order valence-electron chi connectivity index (χ1n) is 4.41. The van der Waals surface area contributed by atoms with Gasteiger partial charge in [0.25, 0.3) is 5.56 Å². The topological polar surface area (TPSA) is 45.8 Å². The van der Waals surface area contributed by atoms with E-state index < -0.39 is 0 Å². The first-order valence-corrected chi connectivity index (χ1v) is 4.41. The number of rotatable bonds is 2. The molecule has 0 fully saturated rings. The summed E-state index contributed by atoms with van der Waals surface area (Å²) >= 11 is 0. The fourth-order valence-electron chi connectivity index (χ4n) is 1.27. The lowest BCUT2D eigenvalue weighted by molar-refractivity contribution is 0.942. The summed E-state index contributed by atoms with van der Waals surface area (Å²) in [5, 5.41) is 0. The first-order chi connectivity index (χ1) is 6.19. The van der Waals surface area contributed by atoms with Crippen LogP contribution in [0.2, 0.25) is 0 Å². The second kappa shape index (κ2) is 4.03. The second-order valence-corrected chi connectivity index (χ2v) is 2.87. The average Bonchev–Trinajstić information content (AvgIpc) is 2.04. The lowest BCUT2D eigenvalue weighted by Gasteiger charge is -2.01. The quantitative estimate of drug-likeness (QED) is 0.748. The molecule has 1 aromatic heterocycles. The van der Waals surface area contributed by atoms with Crippen LogP contribution in [-0.4, -0.2) is 9.97 Å². The number of aromatic nitrogens is 2. The van der Waals surface area contributed by atoms with Crippen LogP contribution >= 0.6 is 0 Å². The lowest BCUT2D eigenvalue weighted by atomic mass is 10.1. The van der Waals surface area contributed by atoms with Crippen LogP contribution in [0, 0.1) is 6.92 Å². The highest BCUT2D eigenvalue weighted by Gasteiger charge is 2.04. The van der Waals surface area contributed by atoms with Crippen LogP contribution in [0.15, 0.2) is 10.9 Å². The van der Waals surface area contributed by atoms with Crippen LogP contribution in [0.25, 0.3) is 6.08 Å². The van der Waals surface area contributed by atoms with E-state index in [-0.39, 0.29) is 5.56 Å². The molecule has 0 aliphatic heterocycles. The molecule has 0 aliphatic carbocycles. The minimum absolute atomic E-state index is 0.0249. The highest BCUT2D eigenvalue weighted by atomic mass is 16.1. The Bertz CT molecular complexity index is 377. The molecule has 1 N–H and O–H groups in total. The molecule has 0 saturated heterocycles. The standard InChI is InChI=1S/C10H14N2O/c1-4-6-9-8(5-2)10(13)12-7(3)11-9/h4,6H,5H2,1-3H3,(H,11,12,13)/b6-4-. The van der Waals surface area contributed by atoms with Crippen LogP contribution in [-0.2, 0) is 6.42 Å². The molecule has 3 nitrogen and oxygen atoms in total. The van der Waals surface area contributed by atoms with E-state index in [1.54, 1.807) is 6.92 Å². The maximum absolute atomic E-state index is 11.4. The Hall–Kier alpha value is -1.38. The summed E-state index contributed by atoms with van der Waals surface area (Å²) in [4.78, 5) is 18.4. The number of nitrogens with zero attached hydrogens (tertiary/aromatic N) is 1. The predicted molar refractivity (Wildman–Crippen MR) is 53.7 cm³/mol. The molecule has 0 saturated carbocycles. The van der Waals surface area contributed by atoms with Crippen LogP contribution in [0.1, 0.15) is 30.9 Å². The number of nitrogens with one attached hydrogen (secondary N) is 1. The van der Waals surface area contributed by atoms with E-state index >= 15 is 0 Å². The normalized spacial score (nSPS) is 11.0. The van der Waals surface area contributed by atoms with E-state index in [1.807, 2.05) is 26.0 Å². The fourth-order valence-corrected chi connectivity index (χ4v) is 1.27. The van der Waals surface area contributed by atoms with Crippen molar-refractivity contribution in [2.75, 3.05) is 0 Å². The summed E-state index contributed by atoms with van der Waals surface area (Å²) in [7, 11) is 0. The van der Waals surface area contributed by atoms with Gasteiger partial charge in [-0.05, 0) is 26.3 Å². The Kier molecular flexibility index (Phi) is 3.01. The summed E-state index contributed by atoms with van der Waals surface area (Å²) in [5.74, 6) is 0.662. The lowest BCUT2D eigenvalue weighted by Crippen LogP contribution is -2.16. The van der Waals surface area contributed by atoms with Gasteiger partial charge in [0.1, 0.15) is 5.82 Å². The average molecular weight is 178 g/mol. The zero-order chi connectivity index (χ0) is 9.84. The molecule has 1 rings (SSSR count). The minimum atomic E-state index is -0.0249.